The van der Waals surface area contributed by atoms with Crippen molar-refractivity contribution in [1.82, 2.24) is 4.98 Å². The van der Waals surface area contributed by atoms with Crippen LogP contribution in [0.5, 0.6) is 0 Å². The van der Waals surface area contributed by atoms with Gasteiger partial charge < -0.3 is 9.73 Å². The zero-order valence-electron chi connectivity index (χ0n) is 16.1. The van der Waals surface area contributed by atoms with E-state index in [4.69, 9.17) is 16.0 Å². The van der Waals surface area contributed by atoms with Gasteiger partial charge in [-0.05, 0) is 54.6 Å². The van der Waals surface area contributed by atoms with Crippen LogP contribution in [0.4, 0.5) is 23.2 Å². The molecular formula is C23H13ClF4N2O2. The SMILES string of the molecule is O=C(Nc1ccc(Cl)c(C(F)(F)F)c1)c1ccccc1-c1ncc(-c2ccc(F)cc2)o1. The molecule has 0 fully saturated rings. The third-order valence-corrected chi connectivity index (χ3v) is 4.90. The summed E-state index contributed by atoms with van der Waals surface area (Å²) in [5.74, 6) is -0.561. The Hall–Kier alpha value is -3.65. The van der Waals surface area contributed by atoms with E-state index >= 15 is 0 Å². The van der Waals surface area contributed by atoms with E-state index in [-0.39, 0.29) is 17.1 Å². The van der Waals surface area contributed by atoms with E-state index < -0.39 is 28.5 Å². The number of nitrogens with one attached hydrogen (secondary N) is 1. The summed E-state index contributed by atoms with van der Waals surface area (Å²) < 4.78 is 58.2. The van der Waals surface area contributed by atoms with E-state index in [0.29, 0.717) is 16.9 Å². The summed E-state index contributed by atoms with van der Waals surface area (Å²) >= 11 is 5.63. The lowest BCUT2D eigenvalue weighted by Gasteiger charge is -2.12. The van der Waals surface area contributed by atoms with Gasteiger partial charge in [-0.2, -0.15) is 13.2 Å². The van der Waals surface area contributed by atoms with Crippen molar-refractivity contribution in [3.05, 3.63) is 94.9 Å². The Labute approximate surface area is 184 Å². The molecular weight excluding hydrogens is 448 g/mol. The van der Waals surface area contributed by atoms with E-state index in [1.54, 1.807) is 18.2 Å². The van der Waals surface area contributed by atoms with Gasteiger partial charge in [-0.3, -0.25) is 4.79 Å². The molecule has 0 bridgehead atoms. The van der Waals surface area contributed by atoms with Crippen LogP contribution in [0.1, 0.15) is 15.9 Å². The topological polar surface area (TPSA) is 55.1 Å². The lowest BCUT2D eigenvalue weighted by atomic mass is 10.1. The van der Waals surface area contributed by atoms with Gasteiger partial charge in [-0.25, -0.2) is 9.37 Å². The number of alkyl halides is 3. The van der Waals surface area contributed by atoms with Crippen LogP contribution in [0.3, 0.4) is 0 Å². The lowest BCUT2D eigenvalue weighted by molar-refractivity contribution is -0.137. The molecule has 0 radical (unpaired) electrons. The number of oxazole rings is 1. The number of carbonyl (C=O) groups excluding carboxylic acids is 1. The second-order valence-corrected chi connectivity index (χ2v) is 7.14. The molecule has 9 heteroatoms. The molecule has 0 saturated heterocycles. The molecule has 32 heavy (non-hydrogen) atoms. The van der Waals surface area contributed by atoms with Gasteiger partial charge in [-0.15, -0.1) is 0 Å². The molecule has 0 aliphatic heterocycles. The molecule has 162 valence electrons. The predicted molar refractivity (Wildman–Crippen MR) is 112 cm³/mol. The lowest BCUT2D eigenvalue weighted by Crippen LogP contribution is -2.14. The fraction of sp³-hybridized carbons (Fsp3) is 0.0435. The first-order chi connectivity index (χ1) is 15.2. The number of aromatic nitrogens is 1. The molecule has 0 aliphatic rings. The number of nitrogens with zero attached hydrogens (tertiary/aromatic N) is 1. The van der Waals surface area contributed by atoms with Gasteiger partial charge in [0.2, 0.25) is 5.89 Å². The van der Waals surface area contributed by atoms with Gasteiger partial charge >= 0.3 is 6.18 Å². The van der Waals surface area contributed by atoms with Gasteiger partial charge in [-0.1, -0.05) is 23.7 Å². The second kappa shape index (κ2) is 8.47. The van der Waals surface area contributed by atoms with Crippen molar-refractivity contribution in [3.8, 4) is 22.8 Å². The van der Waals surface area contributed by atoms with Crippen LogP contribution in [0.2, 0.25) is 5.02 Å². The summed E-state index contributed by atoms with van der Waals surface area (Å²) in [4.78, 5) is 17.0. The largest absolute Gasteiger partial charge is 0.436 e. The van der Waals surface area contributed by atoms with E-state index in [1.807, 2.05) is 0 Å². The molecule has 3 aromatic carbocycles. The molecule has 0 spiro atoms. The normalized spacial score (nSPS) is 11.4. The number of amides is 1. The Balaban J connectivity index is 1.63. The first-order valence-electron chi connectivity index (χ1n) is 9.21. The van der Waals surface area contributed by atoms with Crippen molar-refractivity contribution < 1.29 is 26.8 Å². The standard InChI is InChI=1S/C23H13ClF4N2O2/c24-19-10-9-15(11-18(19)23(26,27)28)30-21(31)16-3-1-2-4-17(16)22-29-12-20(32-22)13-5-7-14(25)8-6-13/h1-12H,(H,30,31). The zero-order valence-corrected chi connectivity index (χ0v) is 16.8. The molecule has 1 heterocycles. The molecule has 4 rings (SSSR count). The summed E-state index contributed by atoms with van der Waals surface area (Å²) in [5.41, 5.74) is -0.0531. The van der Waals surface area contributed by atoms with Crippen LogP contribution in [0.25, 0.3) is 22.8 Å². The van der Waals surface area contributed by atoms with Crippen LogP contribution in [-0.4, -0.2) is 10.9 Å². The smallest absolute Gasteiger partial charge is 0.417 e. The van der Waals surface area contributed by atoms with E-state index in [0.717, 1.165) is 12.1 Å². The molecule has 0 atom stereocenters. The van der Waals surface area contributed by atoms with E-state index in [9.17, 15) is 22.4 Å². The summed E-state index contributed by atoms with van der Waals surface area (Å²) in [6.45, 7) is 0. The minimum atomic E-state index is -4.66. The summed E-state index contributed by atoms with van der Waals surface area (Å²) in [6.07, 6.45) is -3.23. The predicted octanol–water partition coefficient (Wildman–Crippen LogP) is 7.07. The quantitative estimate of drug-likeness (QED) is 0.331. The maximum atomic E-state index is 13.1. The highest BCUT2D eigenvalue weighted by Crippen LogP contribution is 2.36. The zero-order chi connectivity index (χ0) is 22.9. The van der Waals surface area contributed by atoms with Crippen molar-refractivity contribution in [2.24, 2.45) is 0 Å². The van der Waals surface area contributed by atoms with Crippen molar-refractivity contribution in [2.75, 3.05) is 5.32 Å². The summed E-state index contributed by atoms with van der Waals surface area (Å²) in [6, 6.07) is 15.1. The van der Waals surface area contributed by atoms with Crippen LogP contribution < -0.4 is 5.32 Å². The first kappa shape index (κ1) is 21.6. The van der Waals surface area contributed by atoms with Gasteiger partial charge in [0.15, 0.2) is 5.76 Å². The van der Waals surface area contributed by atoms with Crippen molar-refractivity contribution in [1.29, 1.82) is 0 Å². The third kappa shape index (κ3) is 4.50. The number of hydrogen-bond donors (Lipinski definition) is 1. The summed E-state index contributed by atoms with van der Waals surface area (Å²) in [5, 5.41) is 1.98. The van der Waals surface area contributed by atoms with E-state index in [2.05, 4.69) is 10.3 Å². The number of carbonyl (C=O) groups is 1. The van der Waals surface area contributed by atoms with Gasteiger partial charge in [0.05, 0.1) is 22.3 Å². The van der Waals surface area contributed by atoms with Crippen LogP contribution in [0.15, 0.2) is 77.3 Å². The van der Waals surface area contributed by atoms with Gasteiger partial charge in [0.25, 0.3) is 5.91 Å². The van der Waals surface area contributed by atoms with Crippen molar-refractivity contribution in [2.45, 2.75) is 6.18 Å². The minimum Gasteiger partial charge on any atom is -0.436 e. The monoisotopic (exact) mass is 460 g/mol. The molecule has 0 saturated carbocycles. The maximum Gasteiger partial charge on any atom is 0.417 e. The Morgan fingerprint density at radius 3 is 2.44 bits per heavy atom. The fourth-order valence-corrected chi connectivity index (χ4v) is 3.26. The van der Waals surface area contributed by atoms with Gasteiger partial charge in [0, 0.05) is 16.8 Å². The highest BCUT2D eigenvalue weighted by Gasteiger charge is 2.33. The first-order valence-corrected chi connectivity index (χ1v) is 9.59. The Morgan fingerprint density at radius 2 is 1.72 bits per heavy atom. The summed E-state index contributed by atoms with van der Waals surface area (Å²) in [7, 11) is 0. The molecule has 4 nitrogen and oxygen atoms in total. The van der Waals surface area contributed by atoms with Crippen molar-refractivity contribution >= 4 is 23.2 Å². The minimum absolute atomic E-state index is 0.0686. The molecule has 1 N–H and O–H groups in total. The van der Waals surface area contributed by atoms with Gasteiger partial charge in [0.1, 0.15) is 5.82 Å². The average Bonchev–Trinajstić information content (AvgIpc) is 3.25. The maximum absolute atomic E-state index is 13.1. The number of rotatable bonds is 4. The number of anilines is 1. The molecule has 4 aromatic rings. The Morgan fingerprint density at radius 1 is 1.00 bits per heavy atom. The number of halogens is 5. The molecule has 0 aliphatic carbocycles. The molecule has 1 aromatic heterocycles. The third-order valence-electron chi connectivity index (χ3n) is 4.57. The molecule has 0 unspecified atom stereocenters. The van der Waals surface area contributed by atoms with Crippen molar-refractivity contribution in [3.63, 3.8) is 0 Å². The number of hydrogen-bond acceptors (Lipinski definition) is 3. The molecule has 1 amide bonds. The van der Waals surface area contributed by atoms with Crippen LogP contribution in [0, 0.1) is 5.82 Å². The van der Waals surface area contributed by atoms with Crippen LogP contribution in [-0.2, 0) is 6.18 Å². The Kier molecular flexibility index (Phi) is 5.71. The Bertz CT molecular complexity index is 1280. The number of benzene rings is 3. The van der Waals surface area contributed by atoms with E-state index in [1.165, 1.54) is 42.6 Å². The highest BCUT2D eigenvalue weighted by molar-refractivity contribution is 6.31. The fourth-order valence-electron chi connectivity index (χ4n) is 3.03. The van der Waals surface area contributed by atoms with Crippen LogP contribution >= 0.6 is 11.6 Å². The second-order valence-electron chi connectivity index (χ2n) is 6.73. The highest BCUT2D eigenvalue weighted by atomic mass is 35.5. The average molecular weight is 461 g/mol.